The Hall–Kier alpha value is -4.64. The molecule has 2 heterocycles. The summed E-state index contributed by atoms with van der Waals surface area (Å²) in [5.74, 6) is -1.03. The number of nitrogens with zero attached hydrogens (tertiary/aromatic N) is 4. The molecule has 3 aromatic rings. The van der Waals surface area contributed by atoms with Gasteiger partial charge in [0.05, 0.1) is 5.56 Å². The van der Waals surface area contributed by atoms with Gasteiger partial charge in [0, 0.05) is 55.8 Å². The number of halogens is 1. The van der Waals surface area contributed by atoms with E-state index in [1.807, 2.05) is 18.7 Å². The van der Waals surface area contributed by atoms with Crippen LogP contribution in [0, 0.1) is 5.82 Å². The van der Waals surface area contributed by atoms with Gasteiger partial charge in [0.1, 0.15) is 5.82 Å². The summed E-state index contributed by atoms with van der Waals surface area (Å²) >= 11 is 0. The molecule has 1 fully saturated rings. The molecule has 3 N–H and O–H groups in total. The van der Waals surface area contributed by atoms with Crippen LogP contribution >= 0.6 is 0 Å². The summed E-state index contributed by atoms with van der Waals surface area (Å²) in [6, 6.07) is 12.7. The summed E-state index contributed by atoms with van der Waals surface area (Å²) in [4.78, 5) is 49.4. The highest BCUT2D eigenvalue weighted by atomic mass is 19.1. The second-order valence-electron chi connectivity index (χ2n) is 9.31. The highest BCUT2D eigenvalue weighted by Crippen LogP contribution is 2.21. The zero-order valence-electron chi connectivity index (χ0n) is 21.6. The molecule has 4 rings (SSSR count). The maximum absolute atomic E-state index is 13.4. The molecule has 1 saturated heterocycles. The second-order valence-corrected chi connectivity index (χ2v) is 9.31. The highest BCUT2D eigenvalue weighted by Gasteiger charge is 2.24. The molecule has 0 saturated carbocycles. The molecule has 1 aliphatic rings. The van der Waals surface area contributed by atoms with Crippen LogP contribution in [-0.2, 0) is 4.79 Å². The van der Waals surface area contributed by atoms with Crippen molar-refractivity contribution in [3.8, 4) is 0 Å². The van der Waals surface area contributed by atoms with Crippen molar-refractivity contribution in [2.75, 3.05) is 31.1 Å². The van der Waals surface area contributed by atoms with Gasteiger partial charge >= 0.3 is 0 Å². The van der Waals surface area contributed by atoms with Gasteiger partial charge in [-0.1, -0.05) is 24.3 Å². The van der Waals surface area contributed by atoms with Crippen LogP contribution in [0.4, 0.5) is 10.3 Å². The van der Waals surface area contributed by atoms with Crippen molar-refractivity contribution in [2.24, 2.45) is 0 Å². The normalized spacial score (nSPS) is 13.8. The molecule has 1 aliphatic heterocycles. The van der Waals surface area contributed by atoms with Crippen molar-refractivity contribution in [3.63, 3.8) is 0 Å². The minimum Gasteiger partial charge on any atom is -0.350 e. The van der Waals surface area contributed by atoms with E-state index in [0.717, 1.165) is 5.56 Å². The molecule has 0 spiro atoms. The lowest BCUT2D eigenvalue weighted by atomic mass is 10.0. The maximum atomic E-state index is 13.4. The Labute approximate surface area is 225 Å². The SMILES string of the molecule is CC(C)NC(=O)/C(=C\c1ccc(C(=O)N2CCN(c3ncc(C(=O)NO)cn3)CC2)cc1)c1ccc(F)cc1. The molecule has 0 bridgehead atoms. The van der Waals surface area contributed by atoms with Gasteiger partial charge in [-0.05, 0) is 55.3 Å². The number of benzene rings is 2. The van der Waals surface area contributed by atoms with Crippen LogP contribution < -0.4 is 15.7 Å². The third kappa shape index (κ3) is 6.82. The smallest absolute Gasteiger partial charge is 0.277 e. The van der Waals surface area contributed by atoms with E-state index in [0.29, 0.717) is 48.8 Å². The number of piperazine rings is 1. The summed E-state index contributed by atoms with van der Waals surface area (Å²) in [6.45, 7) is 5.69. The van der Waals surface area contributed by atoms with E-state index in [9.17, 15) is 18.8 Å². The quantitative estimate of drug-likeness (QED) is 0.185. The molecule has 0 radical (unpaired) electrons. The third-order valence-corrected chi connectivity index (χ3v) is 6.14. The zero-order valence-corrected chi connectivity index (χ0v) is 21.6. The van der Waals surface area contributed by atoms with Crippen molar-refractivity contribution in [3.05, 3.63) is 89.0 Å². The molecule has 39 heavy (non-hydrogen) atoms. The van der Waals surface area contributed by atoms with Gasteiger partial charge in [-0.3, -0.25) is 19.6 Å². The summed E-state index contributed by atoms with van der Waals surface area (Å²) in [6.07, 6.45) is 4.37. The number of rotatable bonds is 7. The number of nitrogens with one attached hydrogen (secondary N) is 2. The number of hydroxylamine groups is 1. The first-order valence-corrected chi connectivity index (χ1v) is 12.4. The van der Waals surface area contributed by atoms with Crippen LogP contribution in [0.15, 0.2) is 60.9 Å². The molecule has 3 amide bonds. The minimum atomic E-state index is -0.691. The van der Waals surface area contributed by atoms with Crippen LogP contribution in [0.1, 0.15) is 45.7 Å². The topological polar surface area (TPSA) is 128 Å². The summed E-state index contributed by atoms with van der Waals surface area (Å²) < 4.78 is 13.4. The van der Waals surface area contributed by atoms with Crippen molar-refractivity contribution in [2.45, 2.75) is 19.9 Å². The van der Waals surface area contributed by atoms with Crippen LogP contribution in [0.5, 0.6) is 0 Å². The van der Waals surface area contributed by atoms with E-state index >= 15 is 0 Å². The Morgan fingerprint density at radius 3 is 2.05 bits per heavy atom. The van der Waals surface area contributed by atoms with Crippen LogP contribution in [0.25, 0.3) is 11.6 Å². The molecular formula is C28H29FN6O4. The molecule has 10 nitrogen and oxygen atoms in total. The highest BCUT2D eigenvalue weighted by molar-refractivity contribution is 6.24. The fourth-order valence-electron chi connectivity index (χ4n) is 4.10. The molecule has 0 unspecified atom stereocenters. The van der Waals surface area contributed by atoms with E-state index in [1.54, 1.807) is 47.4 Å². The molecule has 0 aliphatic carbocycles. The van der Waals surface area contributed by atoms with Crippen molar-refractivity contribution in [1.29, 1.82) is 0 Å². The lowest BCUT2D eigenvalue weighted by Gasteiger charge is -2.34. The van der Waals surface area contributed by atoms with Crippen molar-refractivity contribution in [1.82, 2.24) is 25.7 Å². The average Bonchev–Trinajstić information content (AvgIpc) is 2.96. The van der Waals surface area contributed by atoms with E-state index in [1.165, 1.54) is 30.0 Å². The van der Waals surface area contributed by atoms with Gasteiger partial charge in [0.15, 0.2) is 0 Å². The third-order valence-electron chi connectivity index (χ3n) is 6.14. The number of amides is 3. The van der Waals surface area contributed by atoms with Crippen LogP contribution in [0.3, 0.4) is 0 Å². The molecule has 202 valence electrons. The Morgan fingerprint density at radius 2 is 1.49 bits per heavy atom. The number of carbonyl (C=O) groups is 3. The number of anilines is 1. The minimum absolute atomic E-state index is 0.0690. The number of aromatic nitrogens is 2. The number of carbonyl (C=O) groups excluding carboxylic acids is 3. The molecule has 11 heteroatoms. The Bertz CT molecular complexity index is 1350. The van der Waals surface area contributed by atoms with E-state index in [4.69, 9.17) is 5.21 Å². The van der Waals surface area contributed by atoms with Gasteiger partial charge in [-0.2, -0.15) is 0 Å². The summed E-state index contributed by atoms with van der Waals surface area (Å²) in [5, 5.41) is 11.6. The Morgan fingerprint density at radius 1 is 0.897 bits per heavy atom. The van der Waals surface area contributed by atoms with Gasteiger partial charge in [-0.25, -0.2) is 19.8 Å². The van der Waals surface area contributed by atoms with Crippen molar-refractivity contribution < 1.29 is 24.0 Å². The molecule has 0 atom stereocenters. The summed E-state index contributed by atoms with van der Waals surface area (Å²) in [5.41, 5.74) is 3.90. The fraction of sp³-hybridized carbons (Fsp3) is 0.250. The average molecular weight is 533 g/mol. The van der Waals surface area contributed by atoms with E-state index < -0.39 is 5.91 Å². The van der Waals surface area contributed by atoms with Crippen molar-refractivity contribution >= 4 is 35.3 Å². The Balaban J connectivity index is 1.42. The second kappa shape index (κ2) is 12.3. The summed E-state index contributed by atoms with van der Waals surface area (Å²) in [7, 11) is 0. The van der Waals surface area contributed by atoms with Gasteiger partial charge in [0.25, 0.3) is 17.7 Å². The number of hydrogen-bond donors (Lipinski definition) is 3. The lowest BCUT2D eigenvalue weighted by molar-refractivity contribution is -0.116. The van der Waals surface area contributed by atoms with E-state index in [-0.39, 0.29) is 29.2 Å². The van der Waals surface area contributed by atoms with Crippen LogP contribution in [-0.4, -0.2) is 70.0 Å². The first-order valence-electron chi connectivity index (χ1n) is 12.4. The first kappa shape index (κ1) is 27.4. The van der Waals surface area contributed by atoms with E-state index in [2.05, 4.69) is 15.3 Å². The van der Waals surface area contributed by atoms with Crippen LogP contribution in [0.2, 0.25) is 0 Å². The Kier molecular flexibility index (Phi) is 8.62. The molecule has 1 aromatic heterocycles. The maximum Gasteiger partial charge on any atom is 0.277 e. The largest absolute Gasteiger partial charge is 0.350 e. The number of hydrogen-bond acceptors (Lipinski definition) is 7. The first-order chi connectivity index (χ1) is 18.7. The zero-order chi connectivity index (χ0) is 27.9. The van der Waals surface area contributed by atoms with Gasteiger partial charge in [0.2, 0.25) is 5.95 Å². The monoisotopic (exact) mass is 532 g/mol. The standard InChI is InChI=1S/C28H29FN6O4/c1-18(2)32-26(37)24(20-7-9-23(29)10-8-20)15-19-3-5-21(6-4-19)27(38)34-11-13-35(14-12-34)28-30-16-22(17-31-28)25(36)33-39/h3-10,15-18,39H,11-14H2,1-2H3,(H,32,37)(H,33,36)/b24-15-. The lowest BCUT2D eigenvalue weighted by Crippen LogP contribution is -2.49. The fourth-order valence-corrected chi connectivity index (χ4v) is 4.10. The predicted octanol–water partition coefficient (Wildman–Crippen LogP) is 2.76. The molecular weight excluding hydrogens is 503 g/mol. The van der Waals surface area contributed by atoms with Gasteiger partial charge < -0.3 is 15.1 Å². The predicted molar refractivity (Wildman–Crippen MR) is 143 cm³/mol. The van der Waals surface area contributed by atoms with Gasteiger partial charge in [-0.15, -0.1) is 0 Å². The molecule has 2 aromatic carbocycles.